The summed E-state index contributed by atoms with van der Waals surface area (Å²) in [6, 6.07) is 1.62. The third kappa shape index (κ3) is 2.58. The summed E-state index contributed by atoms with van der Waals surface area (Å²) in [5.74, 6) is -1.10. The van der Waals surface area contributed by atoms with Crippen LogP contribution in [0.1, 0.15) is 29.9 Å². The smallest absolute Gasteiger partial charge is 0.396 e. The molecule has 0 saturated carbocycles. The average Bonchev–Trinajstić information content (AvgIpc) is 2.32. The maximum Gasteiger partial charge on any atom is 0.416 e. The average molecular weight is 262 g/mol. The molecule has 2 rings (SSSR count). The predicted octanol–water partition coefficient (Wildman–Crippen LogP) is 2.89. The molecule has 1 aliphatic rings. The highest BCUT2D eigenvalue weighted by atomic mass is 19.4. The number of hydrogen-bond acceptors (Lipinski definition) is 2. The Morgan fingerprint density at radius 2 is 2.00 bits per heavy atom. The van der Waals surface area contributed by atoms with Gasteiger partial charge in [0.2, 0.25) is 0 Å². The molecule has 1 atom stereocenters. The van der Waals surface area contributed by atoms with Gasteiger partial charge in [-0.15, -0.1) is 0 Å². The Labute approximate surface area is 102 Å². The van der Waals surface area contributed by atoms with E-state index < -0.39 is 23.2 Å². The van der Waals surface area contributed by atoms with E-state index in [9.17, 15) is 17.6 Å². The van der Waals surface area contributed by atoms with Gasteiger partial charge in [0.1, 0.15) is 5.82 Å². The molecule has 1 aromatic rings. The molecule has 1 heterocycles. The van der Waals surface area contributed by atoms with Crippen LogP contribution in [0.15, 0.2) is 12.1 Å². The van der Waals surface area contributed by atoms with E-state index in [1.165, 1.54) is 0 Å². The van der Waals surface area contributed by atoms with Crippen molar-refractivity contribution >= 4 is 5.69 Å². The molecule has 1 fully saturated rings. The van der Waals surface area contributed by atoms with Gasteiger partial charge in [0.15, 0.2) is 0 Å². The van der Waals surface area contributed by atoms with Crippen LogP contribution in [-0.4, -0.2) is 13.1 Å². The molecule has 6 heteroatoms. The number of nitrogens with one attached hydrogen (secondary N) is 1. The number of alkyl halides is 3. The van der Waals surface area contributed by atoms with E-state index in [1.54, 1.807) is 0 Å². The minimum Gasteiger partial charge on any atom is -0.396 e. The lowest BCUT2D eigenvalue weighted by Gasteiger charge is -2.26. The van der Waals surface area contributed by atoms with Crippen molar-refractivity contribution in [2.75, 3.05) is 18.8 Å². The molecule has 100 valence electrons. The molecule has 0 radical (unpaired) electrons. The molecule has 1 aromatic carbocycles. The van der Waals surface area contributed by atoms with E-state index in [2.05, 4.69) is 5.32 Å². The van der Waals surface area contributed by atoms with E-state index in [0.29, 0.717) is 19.0 Å². The highest BCUT2D eigenvalue weighted by Gasteiger charge is 2.36. The summed E-state index contributed by atoms with van der Waals surface area (Å²) in [5, 5.41) is 3.03. The maximum atomic E-state index is 13.4. The first-order valence-electron chi connectivity index (χ1n) is 5.76. The van der Waals surface area contributed by atoms with Crippen LogP contribution < -0.4 is 11.1 Å². The Bertz CT molecular complexity index is 436. The Balaban J connectivity index is 2.46. The van der Waals surface area contributed by atoms with Crippen LogP contribution in [0, 0.1) is 5.82 Å². The second-order valence-electron chi connectivity index (χ2n) is 4.50. The van der Waals surface area contributed by atoms with Crippen LogP contribution in [0.2, 0.25) is 0 Å². The van der Waals surface area contributed by atoms with Gasteiger partial charge in [0.05, 0.1) is 11.3 Å². The monoisotopic (exact) mass is 262 g/mol. The lowest BCUT2D eigenvalue weighted by molar-refractivity contribution is -0.138. The third-order valence-corrected chi connectivity index (χ3v) is 3.21. The van der Waals surface area contributed by atoms with Crippen molar-refractivity contribution in [3.05, 3.63) is 29.1 Å². The summed E-state index contributed by atoms with van der Waals surface area (Å²) in [5.41, 5.74) is 3.94. The van der Waals surface area contributed by atoms with Crippen molar-refractivity contribution in [1.82, 2.24) is 5.32 Å². The summed E-state index contributed by atoms with van der Waals surface area (Å²) in [6.45, 7) is 1.22. The summed E-state index contributed by atoms with van der Waals surface area (Å²) >= 11 is 0. The number of benzene rings is 1. The largest absolute Gasteiger partial charge is 0.416 e. The first-order valence-corrected chi connectivity index (χ1v) is 5.76. The molecule has 0 amide bonds. The lowest BCUT2D eigenvalue weighted by Crippen LogP contribution is -2.29. The zero-order valence-electron chi connectivity index (χ0n) is 9.65. The molecular weight excluding hydrogens is 248 g/mol. The predicted molar refractivity (Wildman–Crippen MR) is 60.7 cm³/mol. The Kier molecular flexibility index (Phi) is 3.47. The first-order chi connectivity index (χ1) is 8.39. The van der Waals surface area contributed by atoms with Crippen molar-refractivity contribution in [1.29, 1.82) is 0 Å². The van der Waals surface area contributed by atoms with Crippen molar-refractivity contribution in [3.8, 4) is 0 Å². The number of hydrogen-bond donors (Lipinski definition) is 2. The van der Waals surface area contributed by atoms with E-state index in [4.69, 9.17) is 5.73 Å². The Morgan fingerprint density at radius 3 is 2.56 bits per heavy atom. The SMILES string of the molecule is Nc1cc(C(F)(F)F)c(C2CCCNC2)cc1F. The Morgan fingerprint density at radius 1 is 1.28 bits per heavy atom. The number of nitrogens with two attached hydrogens (primary N) is 1. The Hall–Kier alpha value is -1.30. The van der Waals surface area contributed by atoms with Crippen LogP contribution in [0.3, 0.4) is 0 Å². The third-order valence-electron chi connectivity index (χ3n) is 3.21. The standard InChI is InChI=1S/C12H14F4N2/c13-10-4-8(7-2-1-3-18-6-7)9(5-11(10)17)12(14,15)16/h4-5,7,18H,1-3,6,17H2. The van der Waals surface area contributed by atoms with Gasteiger partial charge in [-0.05, 0) is 43.0 Å². The number of rotatable bonds is 1. The van der Waals surface area contributed by atoms with Gasteiger partial charge in [0, 0.05) is 6.54 Å². The van der Waals surface area contributed by atoms with Gasteiger partial charge in [-0.25, -0.2) is 4.39 Å². The summed E-state index contributed by atoms with van der Waals surface area (Å²) in [4.78, 5) is 0. The minimum absolute atomic E-state index is 0.00130. The van der Waals surface area contributed by atoms with Crippen LogP contribution in [0.5, 0.6) is 0 Å². The zero-order valence-corrected chi connectivity index (χ0v) is 9.65. The fraction of sp³-hybridized carbons (Fsp3) is 0.500. The summed E-state index contributed by atoms with van der Waals surface area (Å²) < 4.78 is 52.1. The van der Waals surface area contributed by atoms with Crippen LogP contribution >= 0.6 is 0 Å². The topological polar surface area (TPSA) is 38.0 Å². The molecule has 0 spiro atoms. The fourth-order valence-electron chi connectivity index (χ4n) is 2.31. The van der Waals surface area contributed by atoms with E-state index in [1.807, 2.05) is 0 Å². The molecule has 0 bridgehead atoms. The van der Waals surface area contributed by atoms with Gasteiger partial charge in [-0.1, -0.05) is 0 Å². The number of halogens is 4. The van der Waals surface area contributed by atoms with E-state index in [0.717, 1.165) is 19.0 Å². The highest BCUT2D eigenvalue weighted by molar-refractivity contribution is 5.48. The molecule has 0 aromatic heterocycles. The van der Waals surface area contributed by atoms with E-state index in [-0.39, 0.29) is 11.5 Å². The summed E-state index contributed by atoms with van der Waals surface area (Å²) in [7, 11) is 0. The highest BCUT2D eigenvalue weighted by Crippen LogP contribution is 2.39. The zero-order chi connectivity index (χ0) is 13.3. The second kappa shape index (κ2) is 4.76. The number of anilines is 1. The van der Waals surface area contributed by atoms with Gasteiger partial charge in [0.25, 0.3) is 0 Å². The van der Waals surface area contributed by atoms with Crippen molar-refractivity contribution in [2.45, 2.75) is 24.9 Å². The minimum atomic E-state index is -4.51. The molecule has 3 N–H and O–H groups in total. The fourth-order valence-corrected chi connectivity index (χ4v) is 2.31. The van der Waals surface area contributed by atoms with Crippen LogP contribution in [0.4, 0.5) is 23.2 Å². The molecule has 0 aliphatic carbocycles. The normalized spacial score (nSPS) is 21.0. The molecule has 1 saturated heterocycles. The number of piperidine rings is 1. The molecule has 18 heavy (non-hydrogen) atoms. The second-order valence-corrected chi connectivity index (χ2v) is 4.50. The first kappa shape index (κ1) is 13.1. The lowest BCUT2D eigenvalue weighted by atomic mass is 9.87. The van der Waals surface area contributed by atoms with Crippen LogP contribution in [-0.2, 0) is 6.18 Å². The molecule has 2 nitrogen and oxygen atoms in total. The molecule has 1 unspecified atom stereocenters. The van der Waals surface area contributed by atoms with Crippen LogP contribution in [0.25, 0.3) is 0 Å². The van der Waals surface area contributed by atoms with Gasteiger partial charge >= 0.3 is 6.18 Å². The summed E-state index contributed by atoms with van der Waals surface area (Å²) in [6.07, 6.45) is -3.10. The molecular formula is C12H14F4N2. The van der Waals surface area contributed by atoms with Crippen molar-refractivity contribution < 1.29 is 17.6 Å². The van der Waals surface area contributed by atoms with Crippen molar-refractivity contribution in [3.63, 3.8) is 0 Å². The molecule has 1 aliphatic heterocycles. The number of nitrogen functional groups attached to an aromatic ring is 1. The maximum absolute atomic E-state index is 13.4. The van der Waals surface area contributed by atoms with Gasteiger partial charge < -0.3 is 11.1 Å². The van der Waals surface area contributed by atoms with Gasteiger partial charge in [-0.3, -0.25) is 0 Å². The van der Waals surface area contributed by atoms with Crippen molar-refractivity contribution in [2.24, 2.45) is 0 Å². The quantitative estimate of drug-likeness (QED) is 0.603. The van der Waals surface area contributed by atoms with Gasteiger partial charge in [-0.2, -0.15) is 13.2 Å². The van der Waals surface area contributed by atoms with E-state index >= 15 is 0 Å².